The number of hydrogen-bond acceptors (Lipinski definition) is 5. The molecule has 112 valence electrons. The highest BCUT2D eigenvalue weighted by atomic mass is 35.5. The second-order valence-electron chi connectivity index (χ2n) is 4.20. The first-order valence-corrected chi connectivity index (χ1v) is 7.66. The molecule has 0 spiro atoms. The molecule has 0 fully saturated rings. The van der Waals surface area contributed by atoms with Crippen molar-refractivity contribution in [1.82, 2.24) is 4.98 Å². The van der Waals surface area contributed by atoms with Crippen LogP contribution in [0.3, 0.4) is 0 Å². The highest BCUT2D eigenvalue weighted by Gasteiger charge is 2.07. The number of hydrogen-bond donors (Lipinski definition) is 1. The van der Waals surface area contributed by atoms with E-state index in [1.807, 2.05) is 5.38 Å². The topological polar surface area (TPSA) is 51.2 Å². The number of aryl methyl sites for hydroxylation is 1. The fourth-order valence-corrected chi connectivity index (χ4v) is 2.59. The summed E-state index contributed by atoms with van der Waals surface area (Å²) < 4.78 is 17.9. The van der Waals surface area contributed by atoms with Crippen LogP contribution in [0.2, 0.25) is 5.02 Å². The molecule has 0 aliphatic carbocycles. The van der Waals surface area contributed by atoms with Gasteiger partial charge in [-0.2, -0.15) is 0 Å². The lowest BCUT2D eigenvalue weighted by Crippen LogP contribution is -2.05. The van der Waals surface area contributed by atoms with Gasteiger partial charge in [-0.3, -0.25) is 4.79 Å². The summed E-state index contributed by atoms with van der Waals surface area (Å²) >= 11 is 7.12. The molecule has 0 amide bonds. The molecular formula is C14H14ClFN2O2S. The number of ether oxygens (including phenoxy) is 1. The lowest BCUT2D eigenvalue weighted by molar-refractivity contribution is -0.143. The summed E-state index contributed by atoms with van der Waals surface area (Å²) in [6.45, 7) is 2.16. The van der Waals surface area contributed by atoms with Crippen molar-refractivity contribution in [2.45, 2.75) is 19.8 Å². The van der Waals surface area contributed by atoms with Crippen molar-refractivity contribution in [3.63, 3.8) is 0 Å². The van der Waals surface area contributed by atoms with Crippen LogP contribution >= 0.6 is 22.9 Å². The van der Waals surface area contributed by atoms with Gasteiger partial charge < -0.3 is 10.1 Å². The molecule has 0 bridgehead atoms. The molecule has 0 atom stereocenters. The zero-order valence-electron chi connectivity index (χ0n) is 11.4. The number of nitrogens with one attached hydrogen (secondary N) is 1. The number of aromatic nitrogens is 1. The number of anilines is 2. The normalized spacial score (nSPS) is 10.4. The van der Waals surface area contributed by atoms with Gasteiger partial charge in [-0.25, -0.2) is 9.37 Å². The second kappa shape index (κ2) is 7.38. The Labute approximate surface area is 130 Å². The van der Waals surface area contributed by atoms with E-state index in [0.717, 1.165) is 5.69 Å². The molecule has 0 aliphatic rings. The van der Waals surface area contributed by atoms with Gasteiger partial charge in [0.2, 0.25) is 0 Å². The van der Waals surface area contributed by atoms with Gasteiger partial charge in [0.25, 0.3) is 0 Å². The first-order chi connectivity index (χ1) is 10.1. The fraction of sp³-hybridized carbons (Fsp3) is 0.286. The average molecular weight is 329 g/mol. The maximum absolute atomic E-state index is 13.1. The standard InChI is InChI=1S/C14H14ClFN2O2S/c1-2-20-13(19)6-4-10-8-21-14(18-10)17-9-3-5-12(16)11(15)7-9/h3,5,7-8H,2,4,6H2,1H3,(H,17,18). The summed E-state index contributed by atoms with van der Waals surface area (Å²) in [5.41, 5.74) is 1.47. The minimum absolute atomic E-state index is 0.0547. The minimum Gasteiger partial charge on any atom is -0.466 e. The predicted molar refractivity (Wildman–Crippen MR) is 81.8 cm³/mol. The van der Waals surface area contributed by atoms with Gasteiger partial charge in [-0.15, -0.1) is 11.3 Å². The molecule has 4 nitrogen and oxygen atoms in total. The van der Waals surface area contributed by atoms with E-state index >= 15 is 0 Å². The van der Waals surface area contributed by atoms with Gasteiger partial charge in [-0.1, -0.05) is 11.6 Å². The summed E-state index contributed by atoms with van der Waals surface area (Å²) in [4.78, 5) is 15.6. The first-order valence-electron chi connectivity index (χ1n) is 6.40. The van der Waals surface area contributed by atoms with Crippen LogP contribution in [0, 0.1) is 5.82 Å². The molecule has 0 radical (unpaired) electrons. The van der Waals surface area contributed by atoms with Gasteiger partial charge in [0.1, 0.15) is 5.82 Å². The number of benzene rings is 1. The summed E-state index contributed by atoms with van der Waals surface area (Å²) in [7, 11) is 0. The van der Waals surface area contributed by atoms with Crippen molar-refractivity contribution in [2.24, 2.45) is 0 Å². The van der Waals surface area contributed by atoms with Crippen molar-refractivity contribution < 1.29 is 13.9 Å². The molecule has 7 heteroatoms. The van der Waals surface area contributed by atoms with E-state index in [9.17, 15) is 9.18 Å². The number of carbonyl (C=O) groups is 1. The van der Waals surface area contributed by atoms with Gasteiger partial charge in [0, 0.05) is 17.5 Å². The molecule has 0 aliphatic heterocycles. The summed E-state index contributed by atoms with van der Waals surface area (Å²) in [5.74, 6) is -0.693. The Bertz CT molecular complexity index is 633. The van der Waals surface area contributed by atoms with Crippen molar-refractivity contribution in [1.29, 1.82) is 0 Å². The Morgan fingerprint density at radius 1 is 1.52 bits per heavy atom. The van der Waals surface area contributed by atoms with Crippen molar-refractivity contribution in [3.8, 4) is 0 Å². The molecule has 0 unspecified atom stereocenters. The van der Waals surface area contributed by atoms with E-state index in [0.29, 0.717) is 30.3 Å². The summed E-state index contributed by atoms with van der Waals surface area (Å²) in [6.07, 6.45) is 0.834. The molecule has 1 heterocycles. The van der Waals surface area contributed by atoms with E-state index in [-0.39, 0.29) is 11.0 Å². The fourth-order valence-electron chi connectivity index (χ4n) is 1.64. The summed E-state index contributed by atoms with van der Waals surface area (Å²) in [6, 6.07) is 4.37. The third kappa shape index (κ3) is 4.68. The van der Waals surface area contributed by atoms with E-state index < -0.39 is 5.82 Å². The number of halogens is 2. The molecule has 21 heavy (non-hydrogen) atoms. The maximum Gasteiger partial charge on any atom is 0.306 e. The van der Waals surface area contributed by atoms with E-state index in [1.165, 1.54) is 23.5 Å². The van der Waals surface area contributed by atoms with Gasteiger partial charge in [0.05, 0.1) is 23.7 Å². The highest BCUT2D eigenvalue weighted by molar-refractivity contribution is 7.13. The SMILES string of the molecule is CCOC(=O)CCc1csc(Nc2ccc(F)c(Cl)c2)n1. The lowest BCUT2D eigenvalue weighted by atomic mass is 10.2. The molecule has 2 aromatic rings. The first kappa shape index (κ1) is 15.7. The largest absolute Gasteiger partial charge is 0.466 e. The highest BCUT2D eigenvalue weighted by Crippen LogP contribution is 2.25. The Morgan fingerprint density at radius 3 is 3.05 bits per heavy atom. The zero-order chi connectivity index (χ0) is 15.2. The Kier molecular flexibility index (Phi) is 5.52. The van der Waals surface area contributed by atoms with Crippen LogP contribution in [0.25, 0.3) is 0 Å². The lowest BCUT2D eigenvalue weighted by Gasteiger charge is -2.03. The van der Waals surface area contributed by atoms with Crippen LogP contribution in [0.1, 0.15) is 19.0 Å². The Balaban J connectivity index is 1.93. The van der Waals surface area contributed by atoms with Crippen LogP contribution in [-0.4, -0.2) is 17.6 Å². The van der Waals surface area contributed by atoms with Crippen LogP contribution in [-0.2, 0) is 16.0 Å². The molecule has 0 saturated heterocycles. The number of esters is 1. The molecule has 1 N–H and O–H groups in total. The number of nitrogens with zero attached hydrogens (tertiary/aromatic N) is 1. The molecule has 0 saturated carbocycles. The quantitative estimate of drug-likeness (QED) is 0.808. The molecule has 2 rings (SSSR count). The van der Waals surface area contributed by atoms with Crippen LogP contribution in [0.4, 0.5) is 15.2 Å². The van der Waals surface area contributed by atoms with E-state index in [1.54, 1.807) is 13.0 Å². The monoisotopic (exact) mass is 328 g/mol. The van der Waals surface area contributed by atoms with Crippen LogP contribution in [0.5, 0.6) is 0 Å². The Morgan fingerprint density at radius 2 is 2.33 bits per heavy atom. The number of thiazole rings is 1. The van der Waals surface area contributed by atoms with Crippen LogP contribution < -0.4 is 5.32 Å². The molecular weight excluding hydrogens is 315 g/mol. The van der Waals surface area contributed by atoms with Crippen molar-refractivity contribution in [3.05, 3.63) is 40.1 Å². The predicted octanol–water partition coefficient (Wildman–Crippen LogP) is 4.17. The molecule has 1 aromatic heterocycles. The third-order valence-corrected chi connectivity index (χ3v) is 3.71. The zero-order valence-corrected chi connectivity index (χ0v) is 12.9. The van der Waals surface area contributed by atoms with E-state index in [2.05, 4.69) is 10.3 Å². The summed E-state index contributed by atoms with van der Waals surface area (Å²) in [5, 5.41) is 5.63. The van der Waals surface area contributed by atoms with Gasteiger partial charge in [0.15, 0.2) is 5.13 Å². The molecule has 1 aromatic carbocycles. The number of rotatable bonds is 6. The van der Waals surface area contributed by atoms with Crippen molar-refractivity contribution in [2.75, 3.05) is 11.9 Å². The van der Waals surface area contributed by atoms with Gasteiger partial charge >= 0.3 is 5.97 Å². The number of carbonyl (C=O) groups excluding carboxylic acids is 1. The van der Waals surface area contributed by atoms with Gasteiger partial charge in [-0.05, 0) is 25.1 Å². The smallest absolute Gasteiger partial charge is 0.306 e. The maximum atomic E-state index is 13.1. The van der Waals surface area contributed by atoms with Crippen LogP contribution in [0.15, 0.2) is 23.6 Å². The average Bonchev–Trinajstić information content (AvgIpc) is 2.89. The minimum atomic E-state index is -0.462. The van der Waals surface area contributed by atoms with Crippen molar-refractivity contribution >= 4 is 39.7 Å². The van der Waals surface area contributed by atoms with E-state index in [4.69, 9.17) is 16.3 Å². The Hall–Kier alpha value is -1.66. The third-order valence-electron chi connectivity index (χ3n) is 2.61. The second-order valence-corrected chi connectivity index (χ2v) is 5.47.